The number of methoxy groups -OCH3 is 1. The van der Waals surface area contributed by atoms with Gasteiger partial charge in [-0.3, -0.25) is 4.79 Å². The van der Waals surface area contributed by atoms with E-state index in [4.69, 9.17) is 18.6 Å². The number of hydrogen-bond donors (Lipinski definition) is 0. The summed E-state index contributed by atoms with van der Waals surface area (Å²) >= 11 is 0. The maximum absolute atomic E-state index is 12.4. The lowest BCUT2D eigenvalue weighted by Crippen LogP contribution is -2.13. The van der Waals surface area contributed by atoms with Gasteiger partial charge in [0.1, 0.15) is 23.3 Å². The van der Waals surface area contributed by atoms with E-state index in [2.05, 4.69) is 19.9 Å². The zero-order valence-electron chi connectivity index (χ0n) is 17.0. The number of ether oxygens (including phenoxy) is 3. The standard InChI is InChI=1S/C22H26O6/c1-14(2)8-6-9-15(3)12-13-26-21-20(27-16(4)23)19-17(25-5)10-7-11-18(19)28-22(21)24/h7-8,10-12H,6,9,13H2,1-5H3. The first-order valence-electron chi connectivity index (χ1n) is 9.07. The fraction of sp³-hybridized carbons (Fsp3) is 0.364. The minimum absolute atomic E-state index is 0.00629. The van der Waals surface area contributed by atoms with E-state index >= 15 is 0 Å². The van der Waals surface area contributed by atoms with Crippen molar-refractivity contribution >= 4 is 16.9 Å². The summed E-state index contributed by atoms with van der Waals surface area (Å²) in [5, 5.41) is 0.374. The van der Waals surface area contributed by atoms with Gasteiger partial charge in [-0.1, -0.05) is 23.3 Å². The minimum atomic E-state index is -0.715. The molecule has 2 rings (SSSR count). The van der Waals surface area contributed by atoms with Crippen molar-refractivity contribution in [3.63, 3.8) is 0 Å². The van der Waals surface area contributed by atoms with Crippen molar-refractivity contribution in [1.82, 2.24) is 0 Å². The summed E-state index contributed by atoms with van der Waals surface area (Å²) in [5.41, 5.74) is 1.95. The third kappa shape index (κ3) is 5.49. The lowest BCUT2D eigenvalue weighted by molar-refractivity contribution is -0.131. The fourth-order valence-electron chi connectivity index (χ4n) is 2.67. The molecule has 0 saturated carbocycles. The Balaban J connectivity index is 2.35. The van der Waals surface area contributed by atoms with Crippen molar-refractivity contribution in [2.24, 2.45) is 0 Å². The summed E-state index contributed by atoms with van der Waals surface area (Å²) in [5.74, 6) is -0.306. The second-order valence-corrected chi connectivity index (χ2v) is 6.66. The van der Waals surface area contributed by atoms with Crippen LogP contribution >= 0.6 is 0 Å². The van der Waals surface area contributed by atoms with E-state index in [0.29, 0.717) is 11.1 Å². The molecule has 0 saturated heterocycles. The number of allylic oxidation sites excluding steroid dienone is 3. The zero-order chi connectivity index (χ0) is 20.7. The van der Waals surface area contributed by atoms with Crippen LogP contribution in [0.3, 0.4) is 0 Å². The third-order valence-electron chi connectivity index (χ3n) is 4.03. The molecule has 1 heterocycles. The van der Waals surface area contributed by atoms with Crippen LogP contribution < -0.4 is 19.8 Å². The van der Waals surface area contributed by atoms with Gasteiger partial charge in [0, 0.05) is 6.92 Å². The third-order valence-corrected chi connectivity index (χ3v) is 4.03. The molecule has 6 heteroatoms. The van der Waals surface area contributed by atoms with Gasteiger partial charge in [0.05, 0.1) is 7.11 Å². The normalized spacial score (nSPS) is 11.2. The van der Waals surface area contributed by atoms with E-state index in [-0.39, 0.29) is 23.7 Å². The Morgan fingerprint density at radius 2 is 1.86 bits per heavy atom. The van der Waals surface area contributed by atoms with E-state index < -0.39 is 11.6 Å². The Morgan fingerprint density at radius 1 is 1.11 bits per heavy atom. The number of carbonyl (C=O) groups is 1. The molecule has 0 fully saturated rings. The summed E-state index contributed by atoms with van der Waals surface area (Å²) in [6, 6.07) is 4.97. The molecule has 0 atom stereocenters. The summed E-state index contributed by atoms with van der Waals surface area (Å²) in [7, 11) is 1.48. The van der Waals surface area contributed by atoms with Crippen LogP contribution in [0.2, 0.25) is 0 Å². The van der Waals surface area contributed by atoms with Gasteiger partial charge in [-0.05, 0) is 51.8 Å². The van der Waals surface area contributed by atoms with Crippen LogP contribution in [0.1, 0.15) is 40.5 Å². The molecule has 1 aromatic heterocycles. The smallest absolute Gasteiger partial charge is 0.383 e. The van der Waals surface area contributed by atoms with Crippen molar-refractivity contribution in [3.05, 3.63) is 51.9 Å². The first-order chi connectivity index (χ1) is 13.3. The topological polar surface area (TPSA) is 75.0 Å². The highest BCUT2D eigenvalue weighted by molar-refractivity contribution is 5.93. The van der Waals surface area contributed by atoms with Crippen molar-refractivity contribution in [2.45, 2.75) is 40.5 Å². The number of rotatable bonds is 8. The second-order valence-electron chi connectivity index (χ2n) is 6.66. The molecule has 0 amide bonds. The monoisotopic (exact) mass is 386 g/mol. The fourth-order valence-corrected chi connectivity index (χ4v) is 2.67. The highest BCUT2D eigenvalue weighted by Crippen LogP contribution is 2.38. The molecular weight excluding hydrogens is 360 g/mol. The minimum Gasteiger partial charge on any atom is -0.496 e. The van der Waals surface area contributed by atoms with Crippen molar-refractivity contribution < 1.29 is 23.4 Å². The first kappa shape index (κ1) is 21.3. The number of fused-ring (bicyclic) bond motifs is 1. The molecular formula is C22H26O6. The molecule has 0 bridgehead atoms. The summed E-state index contributed by atoms with van der Waals surface area (Å²) in [6.07, 6.45) is 5.90. The number of carbonyl (C=O) groups excluding carboxylic acids is 1. The molecule has 2 aromatic rings. The molecule has 0 spiro atoms. The van der Waals surface area contributed by atoms with E-state index in [9.17, 15) is 9.59 Å². The van der Waals surface area contributed by atoms with Crippen LogP contribution in [0.5, 0.6) is 17.2 Å². The van der Waals surface area contributed by atoms with E-state index in [1.807, 2.05) is 13.0 Å². The van der Waals surface area contributed by atoms with Gasteiger partial charge in [-0.2, -0.15) is 0 Å². The van der Waals surface area contributed by atoms with Crippen LogP contribution in [0, 0.1) is 0 Å². The van der Waals surface area contributed by atoms with Crippen LogP contribution in [-0.2, 0) is 4.79 Å². The summed E-state index contributed by atoms with van der Waals surface area (Å²) in [6.45, 7) is 7.53. The highest BCUT2D eigenvalue weighted by atomic mass is 16.6. The molecule has 0 N–H and O–H groups in total. The van der Waals surface area contributed by atoms with Gasteiger partial charge < -0.3 is 18.6 Å². The molecule has 0 radical (unpaired) electrons. The maximum Gasteiger partial charge on any atom is 0.383 e. The molecule has 0 aliphatic heterocycles. The van der Waals surface area contributed by atoms with Crippen molar-refractivity contribution in [2.75, 3.05) is 13.7 Å². The average molecular weight is 386 g/mol. The lowest BCUT2D eigenvalue weighted by Gasteiger charge is -2.13. The Bertz CT molecular complexity index is 961. The second kappa shape index (κ2) is 9.78. The molecule has 28 heavy (non-hydrogen) atoms. The van der Waals surface area contributed by atoms with Crippen molar-refractivity contribution in [1.29, 1.82) is 0 Å². The largest absolute Gasteiger partial charge is 0.496 e. The van der Waals surface area contributed by atoms with Gasteiger partial charge in [-0.15, -0.1) is 0 Å². The van der Waals surface area contributed by atoms with Gasteiger partial charge in [0.2, 0.25) is 5.75 Å². The van der Waals surface area contributed by atoms with Crippen molar-refractivity contribution in [3.8, 4) is 17.2 Å². The lowest BCUT2D eigenvalue weighted by atomic mass is 10.1. The van der Waals surface area contributed by atoms with Gasteiger partial charge >= 0.3 is 11.6 Å². The van der Waals surface area contributed by atoms with Crippen LogP contribution in [0.4, 0.5) is 0 Å². The zero-order valence-corrected chi connectivity index (χ0v) is 17.0. The molecule has 0 unspecified atom stereocenters. The molecule has 6 nitrogen and oxygen atoms in total. The number of hydrogen-bond acceptors (Lipinski definition) is 6. The van der Waals surface area contributed by atoms with E-state index in [1.165, 1.54) is 19.6 Å². The summed E-state index contributed by atoms with van der Waals surface area (Å²) < 4.78 is 21.6. The Labute approximate surface area is 164 Å². The van der Waals surface area contributed by atoms with E-state index in [0.717, 1.165) is 18.4 Å². The predicted molar refractivity (Wildman–Crippen MR) is 108 cm³/mol. The average Bonchev–Trinajstić information content (AvgIpc) is 2.62. The SMILES string of the molecule is COc1cccc2oc(=O)c(OCC=C(C)CCC=C(C)C)c(OC(C)=O)c12. The Morgan fingerprint density at radius 3 is 2.50 bits per heavy atom. The van der Waals surface area contributed by atoms with Crippen LogP contribution in [0.15, 0.2) is 50.7 Å². The van der Waals surface area contributed by atoms with E-state index in [1.54, 1.807) is 18.2 Å². The maximum atomic E-state index is 12.4. The van der Waals surface area contributed by atoms with Crippen LogP contribution in [-0.4, -0.2) is 19.7 Å². The summed E-state index contributed by atoms with van der Waals surface area (Å²) in [4.78, 5) is 24.0. The number of esters is 1. The molecule has 0 aliphatic rings. The molecule has 150 valence electrons. The quantitative estimate of drug-likeness (QED) is 0.369. The van der Waals surface area contributed by atoms with Gasteiger partial charge in [0.25, 0.3) is 0 Å². The molecule has 0 aliphatic carbocycles. The number of benzene rings is 1. The first-order valence-corrected chi connectivity index (χ1v) is 9.07. The highest BCUT2D eigenvalue weighted by Gasteiger charge is 2.22. The van der Waals surface area contributed by atoms with Crippen LogP contribution in [0.25, 0.3) is 11.0 Å². The van der Waals surface area contributed by atoms with Gasteiger partial charge in [0.15, 0.2) is 5.75 Å². The van der Waals surface area contributed by atoms with Gasteiger partial charge in [-0.25, -0.2) is 4.79 Å². The Hall–Kier alpha value is -3.02. The predicted octanol–water partition coefficient (Wildman–Crippen LogP) is 4.80. The Kier molecular flexibility index (Phi) is 7.44. The molecule has 1 aromatic carbocycles.